The van der Waals surface area contributed by atoms with Crippen LogP contribution in [0.15, 0.2) is 42.7 Å². The standard InChI is InChI=1S/C17H15F2N3O3/c18-10-1-3-13(4-2-10)25-8-12(23)7-20-17(24)14-5-11(19)6-15-16(14)22-9-21-15/h1-6,9,12,23H,7-8H2,(H,20,24)(H,21,22). The van der Waals surface area contributed by atoms with Crippen molar-refractivity contribution in [2.45, 2.75) is 6.10 Å². The average molecular weight is 347 g/mol. The lowest BCUT2D eigenvalue weighted by molar-refractivity contribution is 0.0844. The molecule has 8 heteroatoms. The first-order valence-electron chi connectivity index (χ1n) is 7.50. The molecule has 3 N–H and O–H groups in total. The number of nitrogens with zero attached hydrogens (tertiary/aromatic N) is 1. The van der Waals surface area contributed by atoms with Gasteiger partial charge in [0.1, 0.15) is 35.6 Å². The Hall–Kier alpha value is -3.00. The number of aromatic amines is 1. The number of hydrogen-bond donors (Lipinski definition) is 3. The first-order chi connectivity index (χ1) is 12.0. The van der Waals surface area contributed by atoms with Crippen LogP contribution in [0.3, 0.4) is 0 Å². The Morgan fingerprint density at radius 1 is 1.24 bits per heavy atom. The Labute approximate surface area is 141 Å². The molecule has 3 rings (SSSR count). The van der Waals surface area contributed by atoms with Crippen LogP contribution in [0.25, 0.3) is 11.0 Å². The summed E-state index contributed by atoms with van der Waals surface area (Å²) in [5.74, 6) is -1.12. The van der Waals surface area contributed by atoms with Crippen LogP contribution in [0, 0.1) is 11.6 Å². The molecule has 1 aromatic heterocycles. The van der Waals surface area contributed by atoms with Crippen molar-refractivity contribution in [3.05, 3.63) is 59.9 Å². The highest BCUT2D eigenvalue weighted by Crippen LogP contribution is 2.17. The van der Waals surface area contributed by atoms with Crippen LogP contribution in [0.1, 0.15) is 10.4 Å². The topological polar surface area (TPSA) is 87.2 Å². The third-order valence-corrected chi connectivity index (χ3v) is 3.49. The van der Waals surface area contributed by atoms with Gasteiger partial charge in [-0.3, -0.25) is 4.79 Å². The number of imidazole rings is 1. The molecule has 0 saturated heterocycles. The number of carbonyl (C=O) groups is 1. The van der Waals surface area contributed by atoms with Gasteiger partial charge >= 0.3 is 0 Å². The van der Waals surface area contributed by atoms with Crippen molar-refractivity contribution in [3.8, 4) is 5.75 Å². The summed E-state index contributed by atoms with van der Waals surface area (Å²) >= 11 is 0. The van der Waals surface area contributed by atoms with Gasteiger partial charge in [-0.15, -0.1) is 0 Å². The zero-order valence-electron chi connectivity index (χ0n) is 13.0. The van der Waals surface area contributed by atoms with E-state index in [0.717, 1.165) is 6.07 Å². The third-order valence-electron chi connectivity index (χ3n) is 3.49. The summed E-state index contributed by atoms with van der Waals surface area (Å²) in [4.78, 5) is 18.9. The van der Waals surface area contributed by atoms with Crippen molar-refractivity contribution < 1.29 is 23.4 Å². The minimum atomic E-state index is -0.989. The Balaban J connectivity index is 1.56. The number of halogens is 2. The van der Waals surface area contributed by atoms with Crippen molar-refractivity contribution in [2.24, 2.45) is 0 Å². The molecule has 1 heterocycles. The fourth-order valence-electron chi connectivity index (χ4n) is 2.28. The van der Waals surface area contributed by atoms with E-state index in [-0.39, 0.29) is 24.5 Å². The van der Waals surface area contributed by atoms with Crippen LogP contribution < -0.4 is 10.1 Å². The van der Waals surface area contributed by atoms with E-state index in [1.54, 1.807) is 0 Å². The van der Waals surface area contributed by atoms with Gasteiger partial charge in [-0.25, -0.2) is 13.8 Å². The van der Waals surface area contributed by atoms with Gasteiger partial charge in [0.25, 0.3) is 5.91 Å². The molecular weight excluding hydrogens is 332 g/mol. The van der Waals surface area contributed by atoms with Gasteiger partial charge in [0, 0.05) is 6.54 Å². The molecule has 0 fully saturated rings. The van der Waals surface area contributed by atoms with Gasteiger partial charge in [0.15, 0.2) is 0 Å². The molecule has 0 radical (unpaired) electrons. The lowest BCUT2D eigenvalue weighted by atomic mass is 10.1. The number of H-pyrrole nitrogens is 1. The van der Waals surface area contributed by atoms with E-state index in [2.05, 4.69) is 15.3 Å². The molecule has 1 unspecified atom stereocenters. The van der Waals surface area contributed by atoms with Crippen LogP contribution in [0.5, 0.6) is 5.75 Å². The first-order valence-corrected chi connectivity index (χ1v) is 7.50. The summed E-state index contributed by atoms with van der Waals surface area (Å²) in [7, 11) is 0. The number of benzene rings is 2. The van der Waals surface area contributed by atoms with Gasteiger partial charge in [-0.2, -0.15) is 0 Å². The van der Waals surface area contributed by atoms with E-state index in [1.165, 1.54) is 36.7 Å². The third kappa shape index (κ3) is 4.10. The maximum absolute atomic E-state index is 13.5. The Morgan fingerprint density at radius 3 is 2.76 bits per heavy atom. The number of amides is 1. The predicted octanol–water partition coefficient (Wildman–Crippen LogP) is 2.01. The number of carbonyl (C=O) groups excluding carboxylic acids is 1. The predicted molar refractivity (Wildman–Crippen MR) is 86.3 cm³/mol. The minimum absolute atomic E-state index is 0.0721. The summed E-state index contributed by atoms with van der Waals surface area (Å²) in [6, 6.07) is 7.67. The lowest BCUT2D eigenvalue weighted by Gasteiger charge is -2.13. The van der Waals surface area contributed by atoms with Crippen LogP contribution in [-0.4, -0.2) is 40.2 Å². The van der Waals surface area contributed by atoms with Gasteiger partial charge in [-0.05, 0) is 36.4 Å². The molecule has 0 spiro atoms. The molecule has 0 bridgehead atoms. The number of aliphatic hydroxyl groups is 1. The van der Waals surface area contributed by atoms with E-state index < -0.39 is 17.8 Å². The Kier molecular flexibility index (Phi) is 4.90. The molecule has 0 aliphatic rings. The second-order valence-corrected chi connectivity index (χ2v) is 5.38. The molecule has 3 aromatic rings. The van der Waals surface area contributed by atoms with E-state index in [0.29, 0.717) is 16.8 Å². The molecule has 2 aromatic carbocycles. The molecule has 130 valence electrons. The van der Waals surface area contributed by atoms with Gasteiger partial charge in [0.05, 0.1) is 17.4 Å². The molecule has 0 aliphatic heterocycles. The van der Waals surface area contributed by atoms with Gasteiger partial charge in [-0.1, -0.05) is 0 Å². The zero-order valence-corrected chi connectivity index (χ0v) is 13.0. The largest absolute Gasteiger partial charge is 0.491 e. The quantitative estimate of drug-likeness (QED) is 0.637. The van der Waals surface area contributed by atoms with E-state index >= 15 is 0 Å². The van der Waals surface area contributed by atoms with E-state index in [4.69, 9.17) is 4.74 Å². The second-order valence-electron chi connectivity index (χ2n) is 5.38. The minimum Gasteiger partial charge on any atom is -0.491 e. The Bertz CT molecular complexity index is 880. The number of rotatable bonds is 6. The first kappa shape index (κ1) is 16.8. The zero-order chi connectivity index (χ0) is 17.8. The van der Waals surface area contributed by atoms with Gasteiger partial charge in [0.2, 0.25) is 0 Å². The van der Waals surface area contributed by atoms with Crippen molar-refractivity contribution in [2.75, 3.05) is 13.2 Å². The highest BCUT2D eigenvalue weighted by molar-refractivity contribution is 6.04. The molecule has 1 amide bonds. The van der Waals surface area contributed by atoms with Crippen molar-refractivity contribution >= 4 is 16.9 Å². The number of aliphatic hydroxyl groups excluding tert-OH is 1. The van der Waals surface area contributed by atoms with Crippen LogP contribution in [-0.2, 0) is 0 Å². The molecule has 6 nitrogen and oxygen atoms in total. The Morgan fingerprint density at radius 2 is 2.00 bits per heavy atom. The molecular formula is C17H15F2N3O3. The van der Waals surface area contributed by atoms with E-state index in [9.17, 15) is 18.7 Å². The maximum atomic E-state index is 13.5. The second kappa shape index (κ2) is 7.27. The molecule has 1 atom stereocenters. The molecule has 0 saturated carbocycles. The van der Waals surface area contributed by atoms with Gasteiger partial charge < -0.3 is 20.1 Å². The molecule has 0 aliphatic carbocycles. The maximum Gasteiger partial charge on any atom is 0.253 e. The van der Waals surface area contributed by atoms with Crippen LogP contribution in [0.2, 0.25) is 0 Å². The summed E-state index contributed by atoms with van der Waals surface area (Å²) in [6.07, 6.45) is 0.379. The van der Waals surface area contributed by atoms with Crippen molar-refractivity contribution in [1.82, 2.24) is 15.3 Å². The highest BCUT2D eigenvalue weighted by atomic mass is 19.1. The normalized spacial score (nSPS) is 12.1. The fraction of sp³-hybridized carbons (Fsp3) is 0.176. The van der Waals surface area contributed by atoms with Crippen molar-refractivity contribution in [3.63, 3.8) is 0 Å². The number of hydrogen-bond acceptors (Lipinski definition) is 4. The summed E-state index contributed by atoms with van der Waals surface area (Å²) in [6.45, 7) is -0.185. The monoisotopic (exact) mass is 347 g/mol. The number of aromatic nitrogens is 2. The molecule has 25 heavy (non-hydrogen) atoms. The summed E-state index contributed by atoms with van der Waals surface area (Å²) in [5.41, 5.74) is 0.823. The van der Waals surface area contributed by atoms with Crippen LogP contribution in [0.4, 0.5) is 8.78 Å². The van der Waals surface area contributed by atoms with E-state index in [1.807, 2.05) is 0 Å². The number of nitrogens with one attached hydrogen (secondary N) is 2. The lowest BCUT2D eigenvalue weighted by Crippen LogP contribution is -2.35. The average Bonchev–Trinajstić information content (AvgIpc) is 3.06. The summed E-state index contributed by atoms with van der Waals surface area (Å²) < 4.78 is 31.6. The summed E-state index contributed by atoms with van der Waals surface area (Å²) in [5, 5.41) is 12.4. The van der Waals surface area contributed by atoms with Crippen LogP contribution >= 0.6 is 0 Å². The smallest absolute Gasteiger partial charge is 0.253 e. The highest BCUT2D eigenvalue weighted by Gasteiger charge is 2.15. The number of ether oxygens (including phenoxy) is 1. The van der Waals surface area contributed by atoms with Crippen molar-refractivity contribution in [1.29, 1.82) is 0 Å². The number of fused-ring (bicyclic) bond motifs is 1. The SMILES string of the molecule is O=C(NCC(O)COc1ccc(F)cc1)c1cc(F)cc2[nH]cnc12. The fourth-order valence-corrected chi connectivity index (χ4v) is 2.28.